The van der Waals surface area contributed by atoms with E-state index in [0.717, 1.165) is 11.3 Å². The number of carbonyl (C=O) groups is 2. The average Bonchev–Trinajstić information content (AvgIpc) is 2.81. The van der Waals surface area contributed by atoms with Gasteiger partial charge in [-0.3, -0.25) is 9.59 Å². The smallest absolute Gasteiger partial charge is 0.261 e. The summed E-state index contributed by atoms with van der Waals surface area (Å²) in [5.74, 6) is 0.0143. The minimum Gasteiger partial charge on any atom is -0.356 e. The van der Waals surface area contributed by atoms with Gasteiger partial charge < -0.3 is 10.6 Å². The summed E-state index contributed by atoms with van der Waals surface area (Å²) >= 11 is 1.42. The van der Waals surface area contributed by atoms with E-state index in [9.17, 15) is 9.59 Å². The molecular weight excluding hydrogens is 236 g/mol. The summed E-state index contributed by atoms with van der Waals surface area (Å²) in [6.07, 6.45) is 0.746. The van der Waals surface area contributed by atoms with Crippen LogP contribution in [0.2, 0.25) is 0 Å². The molecule has 0 bridgehead atoms. The number of rotatable bonds is 6. The molecule has 17 heavy (non-hydrogen) atoms. The molecule has 1 aromatic rings. The molecule has 0 aliphatic heterocycles. The maximum atomic E-state index is 11.5. The molecule has 0 fully saturated rings. The first-order valence-corrected chi connectivity index (χ1v) is 6.58. The van der Waals surface area contributed by atoms with Crippen LogP contribution in [-0.2, 0) is 4.79 Å². The molecule has 0 aliphatic carbocycles. The Morgan fingerprint density at radius 3 is 2.59 bits per heavy atom. The zero-order valence-electron chi connectivity index (χ0n) is 10.2. The molecular formula is C12H18N2O2S. The number of amides is 2. The summed E-state index contributed by atoms with van der Waals surface area (Å²) in [7, 11) is 0. The average molecular weight is 254 g/mol. The first-order chi connectivity index (χ1) is 8.11. The highest BCUT2D eigenvalue weighted by atomic mass is 32.1. The zero-order chi connectivity index (χ0) is 12.7. The molecule has 2 amide bonds. The van der Waals surface area contributed by atoms with Gasteiger partial charge in [0.25, 0.3) is 5.91 Å². The summed E-state index contributed by atoms with van der Waals surface area (Å²) in [5, 5.41) is 7.48. The summed E-state index contributed by atoms with van der Waals surface area (Å²) < 4.78 is 0. The monoisotopic (exact) mass is 254 g/mol. The number of thiophene rings is 1. The second-order valence-corrected chi connectivity index (χ2v) is 4.98. The molecule has 0 aliphatic rings. The SMILES string of the molecule is CC(C)C(=O)NCCCNC(=O)c1cccs1. The molecule has 1 aromatic heterocycles. The Bertz CT molecular complexity index is 361. The van der Waals surface area contributed by atoms with Gasteiger partial charge in [-0.25, -0.2) is 0 Å². The number of carbonyl (C=O) groups excluding carboxylic acids is 2. The van der Waals surface area contributed by atoms with Gasteiger partial charge in [-0.1, -0.05) is 19.9 Å². The van der Waals surface area contributed by atoms with Crippen LogP contribution in [0.15, 0.2) is 17.5 Å². The van der Waals surface area contributed by atoms with Crippen LogP contribution < -0.4 is 10.6 Å². The Kier molecular flexibility index (Phi) is 5.69. The number of hydrogen-bond acceptors (Lipinski definition) is 3. The first-order valence-electron chi connectivity index (χ1n) is 5.70. The molecule has 0 unspecified atom stereocenters. The molecule has 5 heteroatoms. The van der Waals surface area contributed by atoms with Gasteiger partial charge in [0, 0.05) is 19.0 Å². The van der Waals surface area contributed by atoms with E-state index in [1.54, 1.807) is 6.07 Å². The van der Waals surface area contributed by atoms with Crippen LogP contribution in [0.3, 0.4) is 0 Å². The Balaban J connectivity index is 2.09. The van der Waals surface area contributed by atoms with Crippen LogP contribution in [0.1, 0.15) is 29.9 Å². The van der Waals surface area contributed by atoms with Crippen LogP contribution in [0, 0.1) is 5.92 Å². The minimum absolute atomic E-state index is 0.00992. The topological polar surface area (TPSA) is 58.2 Å². The van der Waals surface area contributed by atoms with Crippen LogP contribution in [0.5, 0.6) is 0 Å². The largest absolute Gasteiger partial charge is 0.356 e. The fourth-order valence-corrected chi connectivity index (χ4v) is 1.84. The lowest BCUT2D eigenvalue weighted by molar-refractivity contribution is -0.123. The summed E-state index contributed by atoms with van der Waals surface area (Å²) in [6.45, 7) is 4.89. The Morgan fingerprint density at radius 1 is 1.29 bits per heavy atom. The quantitative estimate of drug-likeness (QED) is 0.758. The number of nitrogens with one attached hydrogen (secondary N) is 2. The van der Waals surface area contributed by atoms with Gasteiger partial charge in [-0.05, 0) is 17.9 Å². The lowest BCUT2D eigenvalue weighted by atomic mass is 10.2. The highest BCUT2D eigenvalue weighted by Crippen LogP contribution is 2.07. The van der Waals surface area contributed by atoms with Crippen molar-refractivity contribution in [2.45, 2.75) is 20.3 Å². The van der Waals surface area contributed by atoms with Crippen molar-refractivity contribution in [2.75, 3.05) is 13.1 Å². The van der Waals surface area contributed by atoms with Crippen molar-refractivity contribution in [3.8, 4) is 0 Å². The normalized spacial score (nSPS) is 10.3. The van der Waals surface area contributed by atoms with Gasteiger partial charge in [0.15, 0.2) is 0 Å². The van der Waals surface area contributed by atoms with Gasteiger partial charge in [0.2, 0.25) is 5.91 Å². The van der Waals surface area contributed by atoms with Crippen molar-refractivity contribution in [3.63, 3.8) is 0 Å². The summed E-state index contributed by atoms with van der Waals surface area (Å²) in [6, 6.07) is 3.64. The number of hydrogen-bond donors (Lipinski definition) is 2. The maximum Gasteiger partial charge on any atom is 0.261 e. The first kappa shape index (κ1) is 13.7. The molecule has 94 valence electrons. The van der Waals surface area contributed by atoms with E-state index >= 15 is 0 Å². The van der Waals surface area contributed by atoms with Crippen LogP contribution in [0.25, 0.3) is 0 Å². The van der Waals surface area contributed by atoms with Gasteiger partial charge in [-0.15, -0.1) is 11.3 Å². The predicted octanol–water partition coefficient (Wildman–Crippen LogP) is 1.64. The maximum absolute atomic E-state index is 11.5. The second-order valence-electron chi connectivity index (χ2n) is 4.03. The molecule has 2 N–H and O–H groups in total. The fourth-order valence-electron chi connectivity index (χ4n) is 1.20. The summed E-state index contributed by atoms with van der Waals surface area (Å²) in [5.41, 5.74) is 0. The molecule has 0 aromatic carbocycles. The standard InChI is InChI=1S/C12H18N2O2S/c1-9(2)11(15)13-6-4-7-14-12(16)10-5-3-8-17-10/h3,5,8-9H,4,6-7H2,1-2H3,(H,13,15)(H,14,16). The predicted molar refractivity (Wildman–Crippen MR) is 69.1 cm³/mol. The van der Waals surface area contributed by atoms with Crippen molar-refractivity contribution in [3.05, 3.63) is 22.4 Å². The van der Waals surface area contributed by atoms with Crippen molar-refractivity contribution in [1.29, 1.82) is 0 Å². The highest BCUT2D eigenvalue weighted by Gasteiger charge is 2.06. The van der Waals surface area contributed by atoms with Crippen molar-refractivity contribution in [1.82, 2.24) is 10.6 Å². The van der Waals surface area contributed by atoms with Crippen molar-refractivity contribution >= 4 is 23.2 Å². The summed E-state index contributed by atoms with van der Waals surface area (Å²) in [4.78, 5) is 23.5. The van der Waals surface area contributed by atoms with Crippen LogP contribution in [-0.4, -0.2) is 24.9 Å². The van der Waals surface area contributed by atoms with Gasteiger partial charge in [0.05, 0.1) is 4.88 Å². The third kappa shape index (κ3) is 4.99. The molecule has 4 nitrogen and oxygen atoms in total. The molecule has 0 atom stereocenters. The lowest BCUT2D eigenvalue weighted by Crippen LogP contribution is -2.31. The Morgan fingerprint density at radius 2 is 2.00 bits per heavy atom. The molecule has 1 heterocycles. The van der Waals surface area contributed by atoms with E-state index < -0.39 is 0 Å². The molecule has 0 radical (unpaired) electrons. The third-order valence-electron chi connectivity index (χ3n) is 2.21. The zero-order valence-corrected chi connectivity index (χ0v) is 11.0. The van der Waals surface area contributed by atoms with E-state index in [4.69, 9.17) is 0 Å². The lowest BCUT2D eigenvalue weighted by Gasteiger charge is -2.07. The highest BCUT2D eigenvalue weighted by molar-refractivity contribution is 7.12. The minimum atomic E-state index is -0.0461. The molecule has 0 spiro atoms. The third-order valence-corrected chi connectivity index (χ3v) is 3.08. The van der Waals surface area contributed by atoms with E-state index in [2.05, 4.69) is 10.6 Å². The van der Waals surface area contributed by atoms with Crippen molar-refractivity contribution < 1.29 is 9.59 Å². The Hall–Kier alpha value is -1.36. The van der Waals surface area contributed by atoms with Gasteiger partial charge in [-0.2, -0.15) is 0 Å². The van der Waals surface area contributed by atoms with E-state index in [1.165, 1.54) is 11.3 Å². The van der Waals surface area contributed by atoms with Gasteiger partial charge in [0.1, 0.15) is 0 Å². The van der Waals surface area contributed by atoms with E-state index in [1.807, 2.05) is 25.3 Å². The van der Waals surface area contributed by atoms with E-state index in [-0.39, 0.29) is 17.7 Å². The fraction of sp³-hybridized carbons (Fsp3) is 0.500. The molecule has 0 saturated carbocycles. The Labute approximate surface area is 105 Å². The van der Waals surface area contributed by atoms with Gasteiger partial charge >= 0.3 is 0 Å². The molecule has 1 rings (SSSR count). The molecule has 0 saturated heterocycles. The van der Waals surface area contributed by atoms with Crippen molar-refractivity contribution in [2.24, 2.45) is 5.92 Å². The van der Waals surface area contributed by atoms with Crippen LogP contribution in [0.4, 0.5) is 0 Å². The van der Waals surface area contributed by atoms with E-state index in [0.29, 0.717) is 13.1 Å². The van der Waals surface area contributed by atoms with Crippen LogP contribution >= 0.6 is 11.3 Å². The second kappa shape index (κ2) is 7.06.